The summed E-state index contributed by atoms with van der Waals surface area (Å²) >= 11 is 12.5. The van der Waals surface area contributed by atoms with Crippen LogP contribution in [0.3, 0.4) is 0 Å². The molecule has 0 radical (unpaired) electrons. The Morgan fingerprint density at radius 1 is 1.00 bits per heavy atom. The molecule has 2 saturated carbocycles. The Hall–Kier alpha value is -0.0300. The molecule has 3 aliphatic rings. The third-order valence-corrected chi connectivity index (χ3v) is 7.79. The second-order valence-electron chi connectivity index (χ2n) is 8.31. The predicted molar refractivity (Wildman–Crippen MR) is 102 cm³/mol. The number of carbonyl (C=O) groups excluding carboxylic acids is 1. The highest BCUT2D eigenvalue weighted by atomic mass is 35.5. The van der Waals surface area contributed by atoms with Gasteiger partial charge in [-0.1, -0.05) is 19.3 Å². The molecule has 25 heavy (non-hydrogen) atoms. The minimum atomic E-state index is -0.464. The van der Waals surface area contributed by atoms with Crippen LogP contribution in [0.1, 0.15) is 57.8 Å². The van der Waals surface area contributed by atoms with Gasteiger partial charge < -0.3 is 15.7 Å². The third-order valence-electron chi connectivity index (χ3n) is 6.70. The van der Waals surface area contributed by atoms with Gasteiger partial charge in [-0.15, -0.1) is 23.2 Å². The lowest BCUT2D eigenvalue weighted by molar-refractivity contribution is -0.138. The van der Waals surface area contributed by atoms with Crippen LogP contribution in [-0.2, 0) is 4.79 Å². The minimum Gasteiger partial charge on any atom is -0.393 e. The molecule has 0 aromatic carbocycles. The lowest BCUT2D eigenvalue weighted by atomic mass is 9.74. The summed E-state index contributed by atoms with van der Waals surface area (Å²) in [5.41, 5.74) is 6.52. The fraction of sp³-hybridized carbons (Fsp3) is 0.947. The average molecular weight is 391 g/mol. The number of halogens is 2. The van der Waals surface area contributed by atoms with E-state index in [0.29, 0.717) is 24.7 Å². The molecule has 1 heterocycles. The molecule has 0 bridgehead atoms. The number of hydrogen-bond donors (Lipinski definition) is 2. The van der Waals surface area contributed by atoms with E-state index in [-0.39, 0.29) is 28.6 Å². The first kappa shape index (κ1) is 19.7. The summed E-state index contributed by atoms with van der Waals surface area (Å²) in [6, 6.07) is -0.0626. The van der Waals surface area contributed by atoms with Gasteiger partial charge in [0.1, 0.15) is 0 Å². The Morgan fingerprint density at radius 2 is 1.60 bits per heavy atom. The molecule has 0 spiro atoms. The van der Waals surface area contributed by atoms with Crippen molar-refractivity contribution in [3.8, 4) is 0 Å². The van der Waals surface area contributed by atoms with Crippen molar-refractivity contribution in [3.63, 3.8) is 0 Å². The van der Waals surface area contributed by atoms with Crippen LogP contribution < -0.4 is 5.73 Å². The molecule has 1 saturated heterocycles. The molecule has 6 heteroatoms. The molecule has 144 valence electrons. The van der Waals surface area contributed by atoms with Crippen LogP contribution in [0.15, 0.2) is 0 Å². The molecule has 2 aliphatic carbocycles. The van der Waals surface area contributed by atoms with Crippen LogP contribution in [0.25, 0.3) is 0 Å². The zero-order valence-corrected chi connectivity index (χ0v) is 16.5. The van der Waals surface area contributed by atoms with Crippen molar-refractivity contribution in [2.75, 3.05) is 13.1 Å². The number of carbonyl (C=O) groups is 1. The summed E-state index contributed by atoms with van der Waals surface area (Å²) in [7, 11) is 0. The Balaban J connectivity index is 1.50. The number of likely N-dealkylation sites (tertiary alicyclic amines) is 1. The number of amides is 1. The lowest BCUT2D eigenvalue weighted by Crippen LogP contribution is -2.52. The standard InChI is InChI=1S/C19H32Cl2N2O2/c20-15-10-14(17(24)11-16(15)21)18(22)12-6-8-23(9-7-12)19(25)13-4-2-1-3-5-13/h12-18,24H,1-11,22H2. The number of nitrogens with zero attached hydrogens (tertiary/aromatic N) is 1. The Bertz CT molecular complexity index is 451. The molecule has 5 atom stereocenters. The van der Waals surface area contributed by atoms with Crippen molar-refractivity contribution >= 4 is 29.1 Å². The highest BCUT2D eigenvalue weighted by Crippen LogP contribution is 2.37. The van der Waals surface area contributed by atoms with E-state index in [2.05, 4.69) is 4.90 Å². The number of aliphatic hydroxyl groups is 1. The van der Waals surface area contributed by atoms with Gasteiger partial charge in [-0.2, -0.15) is 0 Å². The molecule has 3 fully saturated rings. The van der Waals surface area contributed by atoms with Gasteiger partial charge in [0.2, 0.25) is 5.91 Å². The lowest BCUT2D eigenvalue weighted by Gasteiger charge is -2.43. The van der Waals surface area contributed by atoms with Gasteiger partial charge in [-0.25, -0.2) is 0 Å². The largest absolute Gasteiger partial charge is 0.393 e. The Labute approximate surface area is 161 Å². The predicted octanol–water partition coefficient (Wildman–Crippen LogP) is 3.12. The van der Waals surface area contributed by atoms with Gasteiger partial charge >= 0.3 is 0 Å². The summed E-state index contributed by atoms with van der Waals surface area (Å²) < 4.78 is 0. The van der Waals surface area contributed by atoms with E-state index >= 15 is 0 Å². The van der Waals surface area contributed by atoms with E-state index in [4.69, 9.17) is 28.9 Å². The second kappa shape index (κ2) is 8.77. The van der Waals surface area contributed by atoms with Gasteiger partial charge in [0.05, 0.1) is 16.9 Å². The third kappa shape index (κ3) is 4.63. The summed E-state index contributed by atoms with van der Waals surface area (Å²) in [4.78, 5) is 14.7. The van der Waals surface area contributed by atoms with E-state index in [1.165, 1.54) is 19.3 Å². The van der Waals surface area contributed by atoms with Crippen LogP contribution in [0, 0.1) is 17.8 Å². The molecule has 0 aromatic rings. The molecule has 1 aliphatic heterocycles. The van der Waals surface area contributed by atoms with Crippen LogP contribution in [0.2, 0.25) is 0 Å². The zero-order valence-electron chi connectivity index (χ0n) is 15.0. The number of piperidine rings is 1. The van der Waals surface area contributed by atoms with E-state index in [1.807, 2.05) is 0 Å². The SMILES string of the molecule is NC(C1CCN(C(=O)C2CCCCC2)CC1)C1CC(Cl)C(Cl)CC1O. The quantitative estimate of drug-likeness (QED) is 0.727. The van der Waals surface area contributed by atoms with Gasteiger partial charge in [0.25, 0.3) is 0 Å². The summed E-state index contributed by atoms with van der Waals surface area (Å²) in [6.45, 7) is 1.61. The van der Waals surface area contributed by atoms with Crippen LogP contribution in [0.4, 0.5) is 0 Å². The summed E-state index contributed by atoms with van der Waals surface area (Å²) in [5, 5.41) is 10.1. The van der Waals surface area contributed by atoms with Crippen LogP contribution in [0.5, 0.6) is 0 Å². The maximum absolute atomic E-state index is 12.7. The number of nitrogens with two attached hydrogens (primary N) is 1. The van der Waals surface area contributed by atoms with Crippen molar-refractivity contribution in [3.05, 3.63) is 0 Å². The summed E-state index contributed by atoms with van der Waals surface area (Å²) in [6.07, 6.45) is 8.37. The maximum Gasteiger partial charge on any atom is 0.225 e. The van der Waals surface area contributed by atoms with Gasteiger partial charge in [-0.05, 0) is 44.4 Å². The normalized spacial score (nSPS) is 37.0. The monoisotopic (exact) mass is 390 g/mol. The first-order valence-corrected chi connectivity index (χ1v) is 10.8. The molecule has 4 nitrogen and oxygen atoms in total. The molecule has 5 unspecified atom stereocenters. The van der Waals surface area contributed by atoms with Gasteiger partial charge in [0.15, 0.2) is 0 Å². The van der Waals surface area contributed by atoms with Crippen molar-refractivity contribution < 1.29 is 9.90 Å². The second-order valence-corrected chi connectivity index (χ2v) is 9.43. The van der Waals surface area contributed by atoms with Gasteiger partial charge in [-0.3, -0.25) is 4.79 Å². The first-order chi connectivity index (χ1) is 12.0. The Kier molecular flexibility index (Phi) is 6.92. The van der Waals surface area contributed by atoms with Crippen molar-refractivity contribution in [2.24, 2.45) is 23.5 Å². The van der Waals surface area contributed by atoms with E-state index in [9.17, 15) is 9.90 Å². The topological polar surface area (TPSA) is 66.6 Å². The maximum atomic E-state index is 12.7. The molecule has 1 amide bonds. The number of rotatable bonds is 3. The molecule has 3 N–H and O–H groups in total. The first-order valence-electron chi connectivity index (χ1n) is 9.98. The number of aliphatic hydroxyl groups excluding tert-OH is 1. The highest BCUT2D eigenvalue weighted by molar-refractivity contribution is 6.30. The molecular weight excluding hydrogens is 359 g/mol. The summed E-state index contributed by atoms with van der Waals surface area (Å²) in [5.74, 6) is 0.973. The van der Waals surface area contributed by atoms with Gasteiger partial charge in [0, 0.05) is 31.0 Å². The van der Waals surface area contributed by atoms with Crippen LogP contribution >= 0.6 is 23.2 Å². The molecule has 0 aromatic heterocycles. The average Bonchev–Trinajstić information content (AvgIpc) is 2.64. The van der Waals surface area contributed by atoms with Crippen molar-refractivity contribution in [1.82, 2.24) is 4.90 Å². The molecule has 3 rings (SSSR count). The van der Waals surface area contributed by atoms with Crippen molar-refractivity contribution in [2.45, 2.75) is 80.7 Å². The Morgan fingerprint density at radius 3 is 2.24 bits per heavy atom. The van der Waals surface area contributed by atoms with E-state index in [0.717, 1.165) is 38.8 Å². The number of alkyl halides is 2. The fourth-order valence-corrected chi connectivity index (χ4v) is 5.59. The zero-order chi connectivity index (χ0) is 18.0. The van der Waals surface area contributed by atoms with E-state index in [1.54, 1.807) is 0 Å². The fourth-order valence-electron chi connectivity index (χ4n) is 4.99. The smallest absolute Gasteiger partial charge is 0.225 e. The highest BCUT2D eigenvalue weighted by Gasteiger charge is 2.41. The van der Waals surface area contributed by atoms with E-state index < -0.39 is 6.10 Å². The van der Waals surface area contributed by atoms with Crippen LogP contribution in [-0.4, -0.2) is 51.9 Å². The van der Waals surface area contributed by atoms with Crippen molar-refractivity contribution in [1.29, 1.82) is 0 Å². The minimum absolute atomic E-state index is 0.0168. The molecular formula is C19H32Cl2N2O2. The number of hydrogen-bond acceptors (Lipinski definition) is 3.